The molecule has 1 spiro atoms. The van der Waals surface area contributed by atoms with Gasteiger partial charge in [-0.15, -0.1) is 0 Å². The van der Waals surface area contributed by atoms with Crippen molar-refractivity contribution < 1.29 is 9.47 Å². The van der Waals surface area contributed by atoms with Crippen LogP contribution in [0.25, 0.3) is 0 Å². The summed E-state index contributed by atoms with van der Waals surface area (Å²) in [4.78, 5) is 0. The Kier molecular flexibility index (Phi) is 2.84. The standard InChI is InChI=1S/C16H20BrNO2/c17-12-9-14-13(19-16(20-14)6-1-2-7-16)8-11(12)15(10-18)4-3-5-15/h8-9H,1-7,10,18H2. The van der Waals surface area contributed by atoms with Crippen LogP contribution in [0.2, 0.25) is 0 Å². The maximum absolute atomic E-state index is 6.18. The van der Waals surface area contributed by atoms with Crippen molar-refractivity contribution in [3.63, 3.8) is 0 Å². The molecule has 4 heteroatoms. The molecule has 2 N–H and O–H groups in total. The molecule has 1 aromatic rings. The number of benzene rings is 1. The first kappa shape index (κ1) is 13.0. The fourth-order valence-corrected chi connectivity index (χ4v) is 4.57. The highest BCUT2D eigenvalue weighted by atomic mass is 79.9. The van der Waals surface area contributed by atoms with Gasteiger partial charge in [0.25, 0.3) is 5.79 Å². The SMILES string of the molecule is NCC1(c2cc3c(cc2Br)OC2(CCCC2)O3)CCC1. The van der Waals surface area contributed by atoms with E-state index in [4.69, 9.17) is 15.2 Å². The Labute approximate surface area is 127 Å². The molecule has 4 rings (SSSR count). The van der Waals surface area contributed by atoms with E-state index in [0.29, 0.717) is 6.54 Å². The van der Waals surface area contributed by atoms with Crippen LogP contribution in [0, 0.1) is 0 Å². The average Bonchev–Trinajstić information content (AvgIpc) is 2.96. The predicted octanol–water partition coefficient (Wildman–Crippen LogP) is 3.87. The third kappa shape index (κ3) is 1.74. The maximum Gasteiger partial charge on any atom is 0.251 e. The minimum Gasteiger partial charge on any atom is -0.448 e. The minimum atomic E-state index is -0.379. The largest absolute Gasteiger partial charge is 0.448 e. The van der Waals surface area contributed by atoms with Gasteiger partial charge < -0.3 is 15.2 Å². The number of halogens is 1. The lowest BCUT2D eigenvalue weighted by atomic mass is 9.64. The molecule has 3 nitrogen and oxygen atoms in total. The van der Waals surface area contributed by atoms with E-state index < -0.39 is 0 Å². The lowest BCUT2D eigenvalue weighted by molar-refractivity contribution is -0.0716. The zero-order valence-electron chi connectivity index (χ0n) is 11.6. The maximum atomic E-state index is 6.18. The fourth-order valence-electron chi connectivity index (χ4n) is 3.83. The number of hydrogen-bond acceptors (Lipinski definition) is 3. The van der Waals surface area contributed by atoms with Crippen LogP contribution >= 0.6 is 15.9 Å². The molecule has 2 saturated carbocycles. The molecule has 0 amide bonds. The van der Waals surface area contributed by atoms with Crippen molar-refractivity contribution in [1.29, 1.82) is 0 Å². The van der Waals surface area contributed by atoms with Crippen molar-refractivity contribution in [2.75, 3.05) is 6.54 Å². The zero-order chi connectivity index (χ0) is 13.8. The average molecular weight is 338 g/mol. The topological polar surface area (TPSA) is 44.5 Å². The molecule has 108 valence electrons. The number of nitrogens with two attached hydrogens (primary N) is 1. The van der Waals surface area contributed by atoms with Gasteiger partial charge in [-0.25, -0.2) is 0 Å². The Bertz CT molecular complexity index is 542. The van der Waals surface area contributed by atoms with Gasteiger partial charge in [-0.05, 0) is 43.4 Å². The highest BCUT2D eigenvalue weighted by Crippen LogP contribution is 2.52. The molecule has 1 aromatic carbocycles. The highest BCUT2D eigenvalue weighted by molar-refractivity contribution is 9.10. The molecule has 0 bridgehead atoms. The second-order valence-electron chi connectivity index (χ2n) is 6.44. The lowest BCUT2D eigenvalue weighted by Crippen LogP contribution is -2.41. The first-order chi connectivity index (χ1) is 9.66. The van der Waals surface area contributed by atoms with Gasteiger partial charge >= 0.3 is 0 Å². The number of rotatable bonds is 2. The number of fused-ring (bicyclic) bond motifs is 1. The summed E-state index contributed by atoms with van der Waals surface area (Å²) in [6.07, 6.45) is 7.98. The molecule has 20 heavy (non-hydrogen) atoms. The van der Waals surface area contributed by atoms with Crippen molar-refractivity contribution in [3.8, 4) is 11.5 Å². The van der Waals surface area contributed by atoms with Crippen LogP contribution in [-0.2, 0) is 5.41 Å². The summed E-state index contributed by atoms with van der Waals surface area (Å²) in [7, 11) is 0. The molecule has 1 aliphatic heterocycles. The molecule has 3 aliphatic rings. The van der Waals surface area contributed by atoms with Crippen LogP contribution in [0.4, 0.5) is 0 Å². The second kappa shape index (κ2) is 4.38. The van der Waals surface area contributed by atoms with Crippen molar-refractivity contribution >= 4 is 15.9 Å². The first-order valence-electron chi connectivity index (χ1n) is 7.59. The van der Waals surface area contributed by atoms with Crippen LogP contribution in [0.3, 0.4) is 0 Å². The fraction of sp³-hybridized carbons (Fsp3) is 0.625. The van der Waals surface area contributed by atoms with E-state index in [1.165, 1.54) is 37.7 Å². The van der Waals surface area contributed by atoms with E-state index in [2.05, 4.69) is 28.1 Å². The van der Waals surface area contributed by atoms with E-state index in [1.807, 2.05) is 0 Å². The van der Waals surface area contributed by atoms with Crippen LogP contribution in [0.1, 0.15) is 50.5 Å². The van der Waals surface area contributed by atoms with E-state index in [-0.39, 0.29) is 11.2 Å². The molecule has 2 fully saturated rings. The number of hydrogen-bond donors (Lipinski definition) is 1. The molecule has 1 heterocycles. The van der Waals surface area contributed by atoms with Crippen LogP contribution in [0.5, 0.6) is 11.5 Å². The van der Waals surface area contributed by atoms with E-state index in [0.717, 1.165) is 28.8 Å². The smallest absolute Gasteiger partial charge is 0.251 e. The molecule has 0 aromatic heterocycles. The first-order valence-corrected chi connectivity index (χ1v) is 8.38. The van der Waals surface area contributed by atoms with Gasteiger partial charge in [0.15, 0.2) is 11.5 Å². The van der Waals surface area contributed by atoms with Crippen molar-refractivity contribution in [2.45, 2.75) is 56.1 Å². The van der Waals surface area contributed by atoms with Gasteiger partial charge in [-0.1, -0.05) is 22.4 Å². The van der Waals surface area contributed by atoms with Crippen molar-refractivity contribution in [2.24, 2.45) is 5.73 Å². The summed E-state index contributed by atoms with van der Waals surface area (Å²) >= 11 is 3.71. The van der Waals surface area contributed by atoms with E-state index in [1.54, 1.807) is 0 Å². The summed E-state index contributed by atoms with van der Waals surface area (Å²) in [6, 6.07) is 4.24. The lowest BCUT2D eigenvalue weighted by Gasteiger charge is -2.42. The molecule has 0 radical (unpaired) electrons. The molecule has 2 aliphatic carbocycles. The molecule has 0 unspecified atom stereocenters. The van der Waals surface area contributed by atoms with E-state index >= 15 is 0 Å². The Morgan fingerprint density at radius 1 is 1.00 bits per heavy atom. The summed E-state index contributed by atoms with van der Waals surface area (Å²) in [6.45, 7) is 0.705. The Morgan fingerprint density at radius 3 is 2.20 bits per heavy atom. The van der Waals surface area contributed by atoms with Gasteiger partial charge in [0.1, 0.15) is 0 Å². The molecular weight excluding hydrogens is 318 g/mol. The van der Waals surface area contributed by atoms with Crippen LogP contribution in [-0.4, -0.2) is 12.3 Å². The van der Waals surface area contributed by atoms with Crippen LogP contribution in [0.15, 0.2) is 16.6 Å². The summed E-state index contributed by atoms with van der Waals surface area (Å²) in [5.74, 6) is 1.41. The third-order valence-electron chi connectivity index (χ3n) is 5.26. The Morgan fingerprint density at radius 2 is 1.65 bits per heavy atom. The van der Waals surface area contributed by atoms with Gasteiger partial charge in [-0.3, -0.25) is 0 Å². The minimum absolute atomic E-state index is 0.142. The molecular formula is C16H20BrNO2. The van der Waals surface area contributed by atoms with Gasteiger partial charge in [0.05, 0.1) is 0 Å². The molecule has 0 atom stereocenters. The summed E-state index contributed by atoms with van der Waals surface area (Å²) in [5.41, 5.74) is 7.47. The van der Waals surface area contributed by atoms with Crippen LogP contribution < -0.4 is 15.2 Å². The van der Waals surface area contributed by atoms with Gasteiger partial charge in [0.2, 0.25) is 0 Å². The van der Waals surface area contributed by atoms with Crippen molar-refractivity contribution in [3.05, 3.63) is 22.2 Å². The Hall–Kier alpha value is -0.740. The second-order valence-corrected chi connectivity index (χ2v) is 7.29. The van der Waals surface area contributed by atoms with Gasteiger partial charge in [-0.2, -0.15) is 0 Å². The predicted molar refractivity (Wildman–Crippen MR) is 81.2 cm³/mol. The molecule has 0 saturated heterocycles. The normalized spacial score (nSPS) is 24.9. The highest BCUT2D eigenvalue weighted by Gasteiger charge is 2.46. The summed E-state index contributed by atoms with van der Waals surface area (Å²) in [5, 5.41) is 0. The third-order valence-corrected chi connectivity index (χ3v) is 5.92. The monoisotopic (exact) mass is 337 g/mol. The summed E-state index contributed by atoms with van der Waals surface area (Å²) < 4.78 is 13.4. The van der Waals surface area contributed by atoms with E-state index in [9.17, 15) is 0 Å². The number of ether oxygens (including phenoxy) is 2. The Balaban J connectivity index is 1.72. The van der Waals surface area contributed by atoms with Crippen molar-refractivity contribution in [1.82, 2.24) is 0 Å². The zero-order valence-corrected chi connectivity index (χ0v) is 13.2. The van der Waals surface area contributed by atoms with Gasteiger partial charge in [0, 0.05) is 29.3 Å². The quantitative estimate of drug-likeness (QED) is 0.890.